The quantitative estimate of drug-likeness (QED) is 0.543. The molecule has 27 heavy (non-hydrogen) atoms. The SMILES string of the molecule is CCCN(CC)C(=O)c1cc2c(c3ccccc3n2C)n1-c1ncccn1. The molecule has 0 bridgehead atoms. The lowest BCUT2D eigenvalue weighted by atomic mass is 10.2. The normalized spacial score (nSPS) is 11.4. The zero-order valence-electron chi connectivity index (χ0n) is 15.9. The Morgan fingerprint density at radius 3 is 2.52 bits per heavy atom. The van der Waals surface area contributed by atoms with Crippen LogP contribution in [0.5, 0.6) is 0 Å². The molecule has 0 aliphatic carbocycles. The topological polar surface area (TPSA) is 56.0 Å². The molecule has 4 aromatic rings. The second-order valence-corrected chi connectivity index (χ2v) is 6.61. The first-order chi connectivity index (χ1) is 13.2. The molecule has 0 atom stereocenters. The highest BCUT2D eigenvalue weighted by molar-refractivity contribution is 6.10. The summed E-state index contributed by atoms with van der Waals surface area (Å²) >= 11 is 0. The predicted molar refractivity (Wildman–Crippen MR) is 107 cm³/mol. The van der Waals surface area contributed by atoms with Gasteiger partial charge >= 0.3 is 0 Å². The lowest BCUT2D eigenvalue weighted by molar-refractivity contribution is 0.0756. The van der Waals surface area contributed by atoms with Gasteiger partial charge in [-0.1, -0.05) is 25.1 Å². The minimum absolute atomic E-state index is 0.00656. The van der Waals surface area contributed by atoms with Crippen LogP contribution in [0.25, 0.3) is 27.9 Å². The van der Waals surface area contributed by atoms with Gasteiger partial charge in [0, 0.05) is 37.9 Å². The summed E-state index contributed by atoms with van der Waals surface area (Å²) in [5.74, 6) is 0.520. The van der Waals surface area contributed by atoms with Crippen LogP contribution in [-0.2, 0) is 7.05 Å². The van der Waals surface area contributed by atoms with Gasteiger partial charge in [-0.2, -0.15) is 0 Å². The fourth-order valence-corrected chi connectivity index (χ4v) is 3.71. The fraction of sp³-hybridized carbons (Fsp3) is 0.286. The fourth-order valence-electron chi connectivity index (χ4n) is 3.71. The van der Waals surface area contributed by atoms with Crippen molar-refractivity contribution in [1.82, 2.24) is 24.0 Å². The minimum atomic E-state index is 0.00656. The van der Waals surface area contributed by atoms with Crippen LogP contribution in [0.3, 0.4) is 0 Å². The number of aryl methyl sites for hydroxylation is 1. The third-order valence-electron chi connectivity index (χ3n) is 5.00. The molecule has 3 heterocycles. The maximum Gasteiger partial charge on any atom is 0.271 e. The van der Waals surface area contributed by atoms with E-state index in [2.05, 4.69) is 33.6 Å². The summed E-state index contributed by atoms with van der Waals surface area (Å²) in [4.78, 5) is 24.1. The number of benzene rings is 1. The summed E-state index contributed by atoms with van der Waals surface area (Å²) in [6, 6.07) is 12.0. The lowest BCUT2D eigenvalue weighted by Crippen LogP contribution is -2.33. The number of hydrogen-bond donors (Lipinski definition) is 0. The van der Waals surface area contributed by atoms with Gasteiger partial charge in [0.2, 0.25) is 5.95 Å². The Morgan fingerprint density at radius 2 is 1.81 bits per heavy atom. The van der Waals surface area contributed by atoms with Crippen LogP contribution in [-0.4, -0.2) is 43.0 Å². The van der Waals surface area contributed by atoms with E-state index in [1.807, 2.05) is 41.6 Å². The summed E-state index contributed by atoms with van der Waals surface area (Å²) in [7, 11) is 2.03. The summed E-state index contributed by atoms with van der Waals surface area (Å²) < 4.78 is 4.02. The second kappa shape index (κ2) is 6.87. The Morgan fingerprint density at radius 1 is 1.07 bits per heavy atom. The second-order valence-electron chi connectivity index (χ2n) is 6.61. The molecule has 0 aliphatic heterocycles. The monoisotopic (exact) mass is 361 g/mol. The van der Waals surface area contributed by atoms with Crippen LogP contribution < -0.4 is 0 Å². The van der Waals surface area contributed by atoms with E-state index in [1.165, 1.54) is 0 Å². The number of hydrogen-bond acceptors (Lipinski definition) is 3. The van der Waals surface area contributed by atoms with E-state index in [0.29, 0.717) is 18.2 Å². The van der Waals surface area contributed by atoms with E-state index in [-0.39, 0.29) is 5.91 Å². The third kappa shape index (κ3) is 2.68. The van der Waals surface area contributed by atoms with Gasteiger partial charge < -0.3 is 9.47 Å². The zero-order chi connectivity index (χ0) is 19.0. The number of aromatic nitrogens is 4. The number of carbonyl (C=O) groups excluding carboxylic acids is 1. The number of fused-ring (bicyclic) bond motifs is 3. The summed E-state index contributed by atoms with van der Waals surface area (Å²) in [6.45, 7) is 5.49. The van der Waals surface area contributed by atoms with Gasteiger partial charge in [-0.05, 0) is 31.5 Å². The number of nitrogens with zero attached hydrogens (tertiary/aromatic N) is 5. The molecule has 0 saturated carbocycles. The van der Waals surface area contributed by atoms with Crippen molar-refractivity contribution in [2.75, 3.05) is 13.1 Å². The van der Waals surface area contributed by atoms with E-state index in [9.17, 15) is 4.79 Å². The van der Waals surface area contributed by atoms with Crippen LogP contribution in [0.4, 0.5) is 0 Å². The standard InChI is InChI=1S/C21H23N5O/c1-4-13-25(5-2)20(27)18-14-17-19(26(18)21-22-11-8-12-23-21)15-9-6-7-10-16(15)24(17)3/h6-12,14H,4-5,13H2,1-3H3. The first-order valence-electron chi connectivity index (χ1n) is 9.32. The molecule has 4 rings (SSSR count). The van der Waals surface area contributed by atoms with Crippen molar-refractivity contribution < 1.29 is 4.79 Å². The van der Waals surface area contributed by atoms with Crippen molar-refractivity contribution in [2.24, 2.45) is 7.05 Å². The van der Waals surface area contributed by atoms with Crippen molar-refractivity contribution >= 4 is 27.8 Å². The molecule has 0 fully saturated rings. The Bertz CT molecular complexity index is 1110. The summed E-state index contributed by atoms with van der Waals surface area (Å²) in [5.41, 5.74) is 3.68. The Kier molecular flexibility index (Phi) is 4.39. The predicted octanol–water partition coefficient (Wildman–Crippen LogP) is 3.78. The molecule has 1 aromatic carbocycles. The van der Waals surface area contributed by atoms with Gasteiger partial charge in [0.1, 0.15) is 5.69 Å². The number of amides is 1. The highest BCUT2D eigenvalue weighted by Gasteiger charge is 2.25. The van der Waals surface area contributed by atoms with Crippen LogP contribution >= 0.6 is 0 Å². The summed E-state index contributed by atoms with van der Waals surface area (Å²) in [6.07, 6.45) is 4.33. The largest absolute Gasteiger partial charge is 0.342 e. The maximum absolute atomic E-state index is 13.3. The molecule has 0 saturated heterocycles. The molecule has 138 valence electrons. The lowest BCUT2D eigenvalue weighted by Gasteiger charge is -2.20. The van der Waals surface area contributed by atoms with E-state index < -0.39 is 0 Å². The molecule has 0 radical (unpaired) electrons. The van der Waals surface area contributed by atoms with Gasteiger partial charge in [0.25, 0.3) is 5.91 Å². The van der Waals surface area contributed by atoms with E-state index >= 15 is 0 Å². The van der Waals surface area contributed by atoms with Crippen molar-refractivity contribution in [1.29, 1.82) is 0 Å². The first kappa shape index (κ1) is 17.3. The number of carbonyl (C=O) groups is 1. The van der Waals surface area contributed by atoms with Gasteiger partial charge in [-0.15, -0.1) is 0 Å². The van der Waals surface area contributed by atoms with Crippen molar-refractivity contribution in [3.63, 3.8) is 0 Å². The van der Waals surface area contributed by atoms with Crippen LogP contribution in [0.1, 0.15) is 30.8 Å². The van der Waals surface area contributed by atoms with E-state index in [1.54, 1.807) is 18.5 Å². The number of para-hydroxylation sites is 1. The van der Waals surface area contributed by atoms with E-state index in [0.717, 1.165) is 34.9 Å². The molecule has 0 N–H and O–H groups in total. The molecule has 6 nitrogen and oxygen atoms in total. The zero-order valence-corrected chi connectivity index (χ0v) is 15.9. The molecule has 3 aromatic heterocycles. The Balaban J connectivity index is 2.05. The minimum Gasteiger partial charge on any atom is -0.342 e. The van der Waals surface area contributed by atoms with Gasteiger partial charge in [-0.3, -0.25) is 9.36 Å². The van der Waals surface area contributed by atoms with Crippen LogP contribution in [0, 0.1) is 0 Å². The Labute approximate surface area is 158 Å². The van der Waals surface area contributed by atoms with Gasteiger partial charge in [0.15, 0.2) is 0 Å². The molecule has 0 spiro atoms. The Hall–Kier alpha value is -3.15. The first-order valence-corrected chi connectivity index (χ1v) is 9.32. The van der Waals surface area contributed by atoms with Gasteiger partial charge in [0.05, 0.1) is 16.6 Å². The molecule has 6 heteroatoms. The average molecular weight is 361 g/mol. The molecule has 1 amide bonds. The van der Waals surface area contributed by atoms with Crippen molar-refractivity contribution in [3.05, 3.63) is 54.5 Å². The van der Waals surface area contributed by atoms with Crippen molar-refractivity contribution in [3.8, 4) is 5.95 Å². The van der Waals surface area contributed by atoms with Crippen LogP contribution in [0.2, 0.25) is 0 Å². The smallest absolute Gasteiger partial charge is 0.271 e. The molecular formula is C21H23N5O. The highest BCUT2D eigenvalue weighted by atomic mass is 16.2. The maximum atomic E-state index is 13.3. The van der Waals surface area contributed by atoms with Gasteiger partial charge in [-0.25, -0.2) is 9.97 Å². The highest BCUT2D eigenvalue weighted by Crippen LogP contribution is 2.32. The number of rotatable bonds is 5. The van der Waals surface area contributed by atoms with Crippen molar-refractivity contribution in [2.45, 2.75) is 20.3 Å². The summed E-state index contributed by atoms with van der Waals surface area (Å²) in [5, 5.41) is 1.08. The average Bonchev–Trinajstić information content (AvgIpc) is 3.23. The third-order valence-corrected chi connectivity index (χ3v) is 5.00. The molecular weight excluding hydrogens is 338 g/mol. The van der Waals surface area contributed by atoms with E-state index in [4.69, 9.17) is 0 Å². The molecule has 0 aliphatic rings. The van der Waals surface area contributed by atoms with Crippen LogP contribution in [0.15, 0.2) is 48.8 Å². The molecule has 0 unspecified atom stereocenters.